The van der Waals surface area contributed by atoms with Gasteiger partial charge in [-0.1, -0.05) is 0 Å². The number of anilines is 1. The smallest absolute Gasteiger partial charge is 0.348 e. The molecule has 0 saturated heterocycles. The standard InChI is InChI=1S/C17H21N5O2S/c1-8(6-12-7-9(2)21-22-12)18-15-13-10(3)14(17(23)24-5)25-16(13)20-11(4)19-15/h7-8H,6H2,1-5H3,(H,21,22)(H,18,19,20). The van der Waals surface area contributed by atoms with E-state index < -0.39 is 0 Å². The maximum absolute atomic E-state index is 12.0. The summed E-state index contributed by atoms with van der Waals surface area (Å²) in [5, 5.41) is 11.6. The zero-order valence-corrected chi connectivity index (χ0v) is 15.7. The fourth-order valence-electron chi connectivity index (χ4n) is 2.81. The van der Waals surface area contributed by atoms with Gasteiger partial charge in [0, 0.05) is 18.2 Å². The molecule has 0 radical (unpaired) electrons. The van der Waals surface area contributed by atoms with E-state index >= 15 is 0 Å². The Hall–Kier alpha value is -2.48. The Kier molecular flexibility index (Phi) is 4.71. The van der Waals surface area contributed by atoms with Crippen molar-refractivity contribution >= 4 is 33.3 Å². The number of carbonyl (C=O) groups is 1. The van der Waals surface area contributed by atoms with Crippen molar-refractivity contribution in [3.63, 3.8) is 0 Å². The van der Waals surface area contributed by atoms with Crippen LogP contribution in [0.3, 0.4) is 0 Å². The van der Waals surface area contributed by atoms with Gasteiger partial charge in [-0.05, 0) is 39.3 Å². The molecule has 3 rings (SSSR count). The van der Waals surface area contributed by atoms with E-state index in [2.05, 4.69) is 32.4 Å². The fourth-order valence-corrected chi connectivity index (χ4v) is 3.96. The molecular formula is C17H21N5O2S. The van der Waals surface area contributed by atoms with Gasteiger partial charge < -0.3 is 10.1 Å². The van der Waals surface area contributed by atoms with E-state index in [9.17, 15) is 4.79 Å². The van der Waals surface area contributed by atoms with Gasteiger partial charge in [0.2, 0.25) is 0 Å². The Bertz CT molecular complexity index is 931. The predicted octanol–water partition coefficient (Wildman–Crippen LogP) is 3.17. The molecule has 0 spiro atoms. The number of nitrogens with one attached hydrogen (secondary N) is 2. The molecule has 3 aromatic rings. The van der Waals surface area contributed by atoms with E-state index in [-0.39, 0.29) is 12.0 Å². The lowest BCUT2D eigenvalue weighted by Gasteiger charge is -2.15. The van der Waals surface area contributed by atoms with Crippen LogP contribution in [0.4, 0.5) is 5.82 Å². The third kappa shape index (κ3) is 3.48. The van der Waals surface area contributed by atoms with Crippen LogP contribution in [0.5, 0.6) is 0 Å². The lowest BCUT2D eigenvalue weighted by Crippen LogP contribution is -2.19. The van der Waals surface area contributed by atoms with Gasteiger partial charge in [0.1, 0.15) is 21.3 Å². The first kappa shape index (κ1) is 17.3. The second-order valence-corrected chi connectivity index (χ2v) is 7.14. The van der Waals surface area contributed by atoms with E-state index in [0.717, 1.165) is 39.4 Å². The molecule has 25 heavy (non-hydrogen) atoms. The molecule has 0 aromatic carbocycles. The van der Waals surface area contributed by atoms with Crippen LogP contribution in [-0.4, -0.2) is 39.3 Å². The third-order valence-electron chi connectivity index (χ3n) is 3.93. The SMILES string of the molecule is COC(=O)c1sc2nc(C)nc(NC(C)Cc3cc(C)[nH]n3)c2c1C. The summed E-state index contributed by atoms with van der Waals surface area (Å²) in [5.41, 5.74) is 2.88. The van der Waals surface area contributed by atoms with Gasteiger partial charge >= 0.3 is 5.97 Å². The molecule has 0 aliphatic heterocycles. The number of methoxy groups -OCH3 is 1. The van der Waals surface area contributed by atoms with Gasteiger partial charge in [-0.15, -0.1) is 11.3 Å². The van der Waals surface area contributed by atoms with Crippen molar-refractivity contribution in [2.45, 2.75) is 40.2 Å². The Morgan fingerprint density at radius 1 is 1.36 bits per heavy atom. The fraction of sp³-hybridized carbons (Fsp3) is 0.412. The maximum atomic E-state index is 12.0. The van der Waals surface area contributed by atoms with Crippen LogP contribution in [0.25, 0.3) is 10.2 Å². The van der Waals surface area contributed by atoms with Crippen molar-refractivity contribution in [1.82, 2.24) is 20.2 Å². The zero-order chi connectivity index (χ0) is 18.1. The van der Waals surface area contributed by atoms with Gasteiger partial charge in [-0.2, -0.15) is 5.10 Å². The highest BCUT2D eigenvalue weighted by atomic mass is 32.1. The van der Waals surface area contributed by atoms with Crippen LogP contribution in [0.1, 0.15) is 39.4 Å². The highest BCUT2D eigenvalue weighted by molar-refractivity contribution is 7.20. The van der Waals surface area contributed by atoms with Crippen LogP contribution < -0.4 is 5.32 Å². The molecule has 0 bridgehead atoms. The summed E-state index contributed by atoms with van der Waals surface area (Å²) in [5.74, 6) is 1.06. The summed E-state index contributed by atoms with van der Waals surface area (Å²) in [7, 11) is 1.39. The molecule has 132 valence electrons. The molecule has 1 atom stereocenters. The van der Waals surface area contributed by atoms with Crippen molar-refractivity contribution < 1.29 is 9.53 Å². The Labute approximate surface area is 149 Å². The molecule has 0 amide bonds. The minimum Gasteiger partial charge on any atom is -0.465 e. The Morgan fingerprint density at radius 3 is 2.76 bits per heavy atom. The lowest BCUT2D eigenvalue weighted by atomic mass is 10.1. The third-order valence-corrected chi connectivity index (χ3v) is 5.10. The van der Waals surface area contributed by atoms with Crippen LogP contribution in [0.2, 0.25) is 0 Å². The molecule has 0 saturated carbocycles. The largest absolute Gasteiger partial charge is 0.465 e. The molecule has 0 fully saturated rings. The summed E-state index contributed by atoms with van der Waals surface area (Å²) in [6.07, 6.45) is 0.766. The van der Waals surface area contributed by atoms with E-state index in [1.54, 1.807) is 0 Å². The van der Waals surface area contributed by atoms with Crippen molar-refractivity contribution in [3.8, 4) is 0 Å². The number of thiophene rings is 1. The zero-order valence-electron chi connectivity index (χ0n) is 14.9. The van der Waals surface area contributed by atoms with Crippen LogP contribution in [0.15, 0.2) is 6.07 Å². The maximum Gasteiger partial charge on any atom is 0.348 e. The van der Waals surface area contributed by atoms with Crippen LogP contribution >= 0.6 is 11.3 Å². The van der Waals surface area contributed by atoms with Gasteiger partial charge in [-0.25, -0.2) is 14.8 Å². The summed E-state index contributed by atoms with van der Waals surface area (Å²) in [6.45, 7) is 7.81. The number of hydrogen-bond acceptors (Lipinski definition) is 7. The molecule has 0 aliphatic carbocycles. The quantitative estimate of drug-likeness (QED) is 0.680. The number of carbonyl (C=O) groups excluding carboxylic acids is 1. The highest BCUT2D eigenvalue weighted by Crippen LogP contribution is 2.34. The van der Waals surface area contributed by atoms with E-state index in [1.165, 1.54) is 18.4 Å². The Balaban J connectivity index is 1.94. The summed E-state index contributed by atoms with van der Waals surface area (Å²) in [6, 6.07) is 2.16. The van der Waals surface area contributed by atoms with Crippen LogP contribution in [0, 0.1) is 20.8 Å². The number of nitrogens with zero attached hydrogens (tertiary/aromatic N) is 3. The number of fused-ring (bicyclic) bond motifs is 1. The number of ether oxygens (including phenoxy) is 1. The van der Waals surface area contributed by atoms with Gasteiger partial charge in [0.05, 0.1) is 18.2 Å². The van der Waals surface area contributed by atoms with Gasteiger partial charge in [0.15, 0.2) is 0 Å². The summed E-state index contributed by atoms with van der Waals surface area (Å²) >= 11 is 1.34. The average molecular weight is 359 g/mol. The lowest BCUT2D eigenvalue weighted by molar-refractivity contribution is 0.0605. The molecule has 8 heteroatoms. The number of rotatable bonds is 5. The number of esters is 1. The monoisotopic (exact) mass is 359 g/mol. The summed E-state index contributed by atoms with van der Waals surface area (Å²) < 4.78 is 4.87. The number of aromatic nitrogens is 4. The van der Waals surface area contributed by atoms with Crippen LogP contribution in [-0.2, 0) is 11.2 Å². The van der Waals surface area contributed by atoms with Crippen molar-refractivity contribution in [2.75, 3.05) is 12.4 Å². The number of H-pyrrole nitrogens is 1. The second-order valence-electron chi connectivity index (χ2n) is 6.14. The molecule has 0 aliphatic rings. The summed E-state index contributed by atoms with van der Waals surface area (Å²) in [4.78, 5) is 22.4. The number of aromatic amines is 1. The van der Waals surface area contributed by atoms with Gasteiger partial charge in [0.25, 0.3) is 0 Å². The van der Waals surface area contributed by atoms with E-state index in [4.69, 9.17) is 4.74 Å². The highest BCUT2D eigenvalue weighted by Gasteiger charge is 2.21. The second kappa shape index (κ2) is 6.79. The minimum absolute atomic E-state index is 0.126. The number of hydrogen-bond donors (Lipinski definition) is 2. The van der Waals surface area contributed by atoms with E-state index in [0.29, 0.717) is 10.7 Å². The topological polar surface area (TPSA) is 92.8 Å². The molecule has 3 heterocycles. The normalized spacial score (nSPS) is 12.4. The predicted molar refractivity (Wildman–Crippen MR) is 98.3 cm³/mol. The van der Waals surface area contributed by atoms with Gasteiger partial charge in [-0.3, -0.25) is 5.10 Å². The first-order valence-electron chi connectivity index (χ1n) is 8.02. The average Bonchev–Trinajstić information content (AvgIpc) is 3.09. The Morgan fingerprint density at radius 2 is 2.12 bits per heavy atom. The van der Waals surface area contributed by atoms with Crippen molar-refractivity contribution in [2.24, 2.45) is 0 Å². The molecule has 1 unspecified atom stereocenters. The molecule has 2 N–H and O–H groups in total. The first-order chi connectivity index (χ1) is 11.9. The van der Waals surface area contributed by atoms with E-state index in [1.807, 2.05) is 26.8 Å². The molecule has 7 nitrogen and oxygen atoms in total. The molecular weight excluding hydrogens is 338 g/mol. The first-order valence-corrected chi connectivity index (χ1v) is 8.84. The van der Waals surface area contributed by atoms with Crippen molar-refractivity contribution in [1.29, 1.82) is 0 Å². The molecule has 3 aromatic heterocycles. The minimum atomic E-state index is -0.343. The van der Waals surface area contributed by atoms with Crippen molar-refractivity contribution in [3.05, 3.63) is 33.7 Å². The number of aryl methyl sites for hydroxylation is 3.